The molecule has 0 amide bonds. The van der Waals surface area contributed by atoms with E-state index in [1.54, 1.807) is 12.4 Å². The van der Waals surface area contributed by atoms with E-state index in [1.165, 1.54) is 6.08 Å². The molecule has 0 aromatic carbocycles. The second kappa shape index (κ2) is 4.42. The lowest BCUT2D eigenvalue weighted by Gasteiger charge is -2.05. The van der Waals surface area contributed by atoms with Crippen molar-refractivity contribution in [2.45, 2.75) is 12.8 Å². The number of aromatic nitrogens is 1. The Bertz CT molecular complexity index is 278. The first kappa shape index (κ1) is 8.62. The average Bonchev–Trinajstić information content (AvgIpc) is 2.15. The lowest BCUT2D eigenvalue weighted by atomic mass is 10.0. The fraction of sp³-hybridized carbons (Fsp3) is 0.333. The lowest BCUT2D eigenvalue weighted by molar-refractivity contribution is 0.561. The van der Waals surface area contributed by atoms with Gasteiger partial charge in [-0.15, -0.1) is 0 Å². The Kier molecular flexibility index (Phi) is 3.17. The monoisotopic (exact) mass is 162 g/mol. The van der Waals surface area contributed by atoms with E-state index >= 15 is 0 Å². The fourth-order valence-corrected chi connectivity index (χ4v) is 0.947. The molecule has 0 saturated carbocycles. The summed E-state index contributed by atoms with van der Waals surface area (Å²) in [7, 11) is 0. The van der Waals surface area contributed by atoms with Crippen LogP contribution in [0.4, 0.5) is 0 Å². The summed E-state index contributed by atoms with van der Waals surface area (Å²) in [6, 6.07) is 3.84. The topological polar surface area (TPSA) is 42.3 Å². The molecular formula is C9H10N2O. The van der Waals surface area contributed by atoms with Gasteiger partial charge in [0.2, 0.25) is 6.08 Å². The minimum atomic E-state index is 0.236. The fourth-order valence-electron chi connectivity index (χ4n) is 0.947. The van der Waals surface area contributed by atoms with Gasteiger partial charge in [0.05, 0.1) is 6.54 Å². The molecule has 1 aromatic heterocycles. The van der Waals surface area contributed by atoms with Gasteiger partial charge in [-0.3, -0.25) is 4.98 Å². The number of rotatable bonds is 3. The average molecular weight is 162 g/mol. The van der Waals surface area contributed by atoms with Crippen LogP contribution in [0.5, 0.6) is 0 Å². The summed E-state index contributed by atoms with van der Waals surface area (Å²) in [5, 5.41) is 0. The molecule has 0 aliphatic rings. The van der Waals surface area contributed by atoms with Gasteiger partial charge >= 0.3 is 0 Å². The second-order valence-electron chi connectivity index (χ2n) is 2.62. The molecule has 1 rings (SSSR count). The van der Waals surface area contributed by atoms with E-state index in [-0.39, 0.29) is 5.92 Å². The maximum absolute atomic E-state index is 9.83. The first-order valence-electron chi connectivity index (χ1n) is 3.78. The number of aliphatic imine (C=N–C) groups is 1. The van der Waals surface area contributed by atoms with Crippen molar-refractivity contribution in [3.8, 4) is 0 Å². The number of nitrogens with zero attached hydrogens (tertiary/aromatic N) is 2. The molecule has 1 aromatic rings. The van der Waals surface area contributed by atoms with Crippen LogP contribution < -0.4 is 0 Å². The van der Waals surface area contributed by atoms with E-state index in [1.807, 2.05) is 19.1 Å². The SMILES string of the molecule is CC(CN=C=O)c1cccnc1. The summed E-state index contributed by atoms with van der Waals surface area (Å²) >= 11 is 0. The maximum Gasteiger partial charge on any atom is 0.234 e. The third-order valence-electron chi connectivity index (χ3n) is 1.68. The molecule has 0 aliphatic carbocycles. The van der Waals surface area contributed by atoms with Gasteiger partial charge < -0.3 is 0 Å². The van der Waals surface area contributed by atoms with Crippen LogP contribution in [0.15, 0.2) is 29.5 Å². The first-order valence-corrected chi connectivity index (χ1v) is 3.78. The normalized spacial score (nSPS) is 11.8. The highest BCUT2D eigenvalue weighted by Crippen LogP contribution is 2.12. The molecule has 0 bridgehead atoms. The van der Waals surface area contributed by atoms with Gasteiger partial charge in [0.1, 0.15) is 0 Å². The van der Waals surface area contributed by atoms with Gasteiger partial charge in [-0.05, 0) is 11.6 Å². The molecule has 1 atom stereocenters. The summed E-state index contributed by atoms with van der Waals surface area (Å²) in [6.45, 7) is 2.48. The molecule has 1 unspecified atom stereocenters. The largest absolute Gasteiger partial charge is 0.264 e. The summed E-state index contributed by atoms with van der Waals surface area (Å²) in [4.78, 5) is 17.3. The molecule has 3 heteroatoms. The molecular weight excluding hydrogens is 152 g/mol. The van der Waals surface area contributed by atoms with E-state index in [9.17, 15) is 4.79 Å². The van der Waals surface area contributed by atoms with Crippen LogP contribution in [0.1, 0.15) is 18.4 Å². The zero-order valence-corrected chi connectivity index (χ0v) is 6.90. The highest BCUT2D eigenvalue weighted by atomic mass is 16.1. The van der Waals surface area contributed by atoms with E-state index in [2.05, 4.69) is 9.98 Å². The molecule has 1 heterocycles. The number of carbonyl (C=O) groups excluding carboxylic acids is 1. The molecule has 3 nitrogen and oxygen atoms in total. The molecule has 0 N–H and O–H groups in total. The van der Waals surface area contributed by atoms with Crippen molar-refractivity contribution < 1.29 is 4.79 Å². The molecule has 0 radical (unpaired) electrons. The zero-order chi connectivity index (χ0) is 8.81. The van der Waals surface area contributed by atoms with Crippen molar-refractivity contribution in [2.75, 3.05) is 6.54 Å². The first-order chi connectivity index (χ1) is 5.84. The smallest absolute Gasteiger partial charge is 0.234 e. The van der Waals surface area contributed by atoms with Crippen molar-refractivity contribution in [1.82, 2.24) is 4.98 Å². The standard InChI is InChI=1S/C9H10N2O/c1-8(5-11-7-12)9-3-2-4-10-6-9/h2-4,6,8H,5H2,1H3. The van der Waals surface area contributed by atoms with E-state index in [4.69, 9.17) is 0 Å². The van der Waals surface area contributed by atoms with Crippen LogP contribution in [-0.2, 0) is 4.79 Å². The van der Waals surface area contributed by atoms with Crippen LogP contribution >= 0.6 is 0 Å². The van der Waals surface area contributed by atoms with Gasteiger partial charge in [0.15, 0.2) is 0 Å². The third-order valence-corrected chi connectivity index (χ3v) is 1.68. The predicted molar refractivity (Wildman–Crippen MR) is 45.6 cm³/mol. The van der Waals surface area contributed by atoms with Crippen LogP contribution in [0.2, 0.25) is 0 Å². The summed E-state index contributed by atoms with van der Waals surface area (Å²) in [5.74, 6) is 0.236. The molecule has 12 heavy (non-hydrogen) atoms. The molecule has 0 aliphatic heterocycles. The summed E-state index contributed by atoms with van der Waals surface area (Å²) < 4.78 is 0. The van der Waals surface area contributed by atoms with Crippen LogP contribution in [0, 0.1) is 0 Å². The van der Waals surface area contributed by atoms with E-state index in [0.29, 0.717) is 6.54 Å². The quantitative estimate of drug-likeness (QED) is 0.499. The Balaban J connectivity index is 2.65. The number of hydrogen-bond acceptors (Lipinski definition) is 3. The Morgan fingerprint density at radius 1 is 1.75 bits per heavy atom. The summed E-state index contributed by atoms with van der Waals surface area (Å²) in [5.41, 5.74) is 1.09. The molecule has 0 spiro atoms. The third kappa shape index (κ3) is 2.29. The zero-order valence-electron chi connectivity index (χ0n) is 6.90. The van der Waals surface area contributed by atoms with Gasteiger partial charge in [0, 0.05) is 18.3 Å². The Labute approximate surface area is 71.2 Å². The van der Waals surface area contributed by atoms with Gasteiger partial charge in [-0.25, -0.2) is 9.79 Å². The van der Waals surface area contributed by atoms with Crippen molar-refractivity contribution >= 4 is 6.08 Å². The van der Waals surface area contributed by atoms with Crippen LogP contribution in [0.25, 0.3) is 0 Å². The molecule has 62 valence electrons. The van der Waals surface area contributed by atoms with Crippen LogP contribution in [-0.4, -0.2) is 17.6 Å². The van der Waals surface area contributed by atoms with Gasteiger partial charge in [-0.2, -0.15) is 0 Å². The number of pyridine rings is 1. The van der Waals surface area contributed by atoms with Gasteiger partial charge in [0.25, 0.3) is 0 Å². The number of isocyanates is 1. The van der Waals surface area contributed by atoms with Crippen molar-refractivity contribution in [1.29, 1.82) is 0 Å². The Hall–Kier alpha value is -1.47. The second-order valence-corrected chi connectivity index (χ2v) is 2.62. The van der Waals surface area contributed by atoms with Crippen LogP contribution in [0.3, 0.4) is 0 Å². The Morgan fingerprint density at radius 3 is 3.17 bits per heavy atom. The minimum Gasteiger partial charge on any atom is -0.264 e. The summed E-state index contributed by atoms with van der Waals surface area (Å²) in [6.07, 6.45) is 5.03. The van der Waals surface area contributed by atoms with E-state index in [0.717, 1.165) is 5.56 Å². The molecule has 0 fully saturated rings. The maximum atomic E-state index is 9.83. The lowest BCUT2D eigenvalue weighted by Crippen LogP contribution is -1.97. The van der Waals surface area contributed by atoms with Crippen molar-refractivity contribution in [3.05, 3.63) is 30.1 Å². The highest BCUT2D eigenvalue weighted by Gasteiger charge is 2.02. The Morgan fingerprint density at radius 2 is 2.58 bits per heavy atom. The minimum absolute atomic E-state index is 0.236. The van der Waals surface area contributed by atoms with Crippen molar-refractivity contribution in [2.24, 2.45) is 4.99 Å². The predicted octanol–water partition coefficient (Wildman–Crippen LogP) is 1.52. The molecule has 0 saturated heterocycles. The van der Waals surface area contributed by atoms with Gasteiger partial charge in [-0.1, -0.05) is 13.0 Å². The highest BCUT2D eigenvalue weighted by molar-refractivity contribution is 5.33. The van der Waals surface area contributed by atoms with Crippen molar-refractivity contribution in [3.63, 3.8) is 0 Å². The number of hydrogen-bond donors (Lipinski definition) is 0. The van der Waals surface area contributed by atoms with E-state index < -0.39 is 0 Å².